The maximum Gasteiger partial charge on any atom is 0.255 e. The van der Waals surface area contributed by atoms with Crippen LogP contribution in [0, 0.1) is 11.7 Å². The number of likely N-dealkylation sites (tertiary alicyclic amines) is 1. The molecule has 1 aliphatic heterocycles. The molecule has 1 aromatic rings. The Morgan fingerprint density at radius 2 is 2.11 bits per heavy atom. The van der Waals surface area contributed by atoms with Crippen molar-refractivity contribution >= 4 is 17.5 Å². The average molecular weight is 285 g/mol. The normalized spacial score (nSPS) is 18.4. The molecule has 0 radical (unpaired) electrons. The van der Waals surface area contributed by atoms with Gasteiger partial charge in [0, 0.05) is 19.1 Å². The zero-order valence-electron chi connectivity index (χ0n) is 10.9. The highest BCUT2D eigenvalue weighted by atomic mass is 35.5. The summed E-state index contributed by atoms with van der Waals surface area (Å²) < 4.78 is 13.4. The van der Waals surface area contributed by atoms with Crippen molar-refractivity contribution in [1.29, 1.82) is 0 Å². The number of halogens is 2. The van der Waals surface area contributed by atoms with E-state index >= 15 is 0 Å². The number of carbonyl (C=O) groups excluding carboxylic acids is 1. The monoisotopic (exact) mass is 284 g/mol. The molecule has 104 valence electrons. The Labute approximate surface area is 117 Å². The molecule has 0 bridgehead atoms. The minimum Gasteiger partial charge on any atom is -0.339 e. The van der Waals surface area contributed by atoms with Crippen molar-refractivity contribution in [3.8, 4) is 0 Å². The number of rotatable bonds is 2. The van der Waals surface area contributed by atoms with Gasteiger partial charge in [-0.15, -0.1) is 0 Å². The highest BCUT2D eigenvalue weighted by Gasteiger charge is 2.26. The maximum atomic E-state index is 13.4. The Balaban J connectivity index is 2.07. The topological polar surface area (TPSA) is 46.3 Å². The molecule has 1 heterocycles. The van der Waals surface area contributed by atoms with E-state index < -0.39 is 5.82 Å². The Kier molecular flexibility index (Phi) is 4.42. The van der Waals surface area contributed by atoms with Crippen LogP contribution in [-0.2, 0) is 0 Å². The molecule has 2 N–H and O–H groups in total. The van der Waals surface area contributed by atoms with E-state index in [-0.39, 0.29) is 22.5 Å². The van der Waals surface area contributed by atoms with E-state index in [1.807, 2.05) is 6.92 Å². The minimum atomic E-state index is -0.557. The quantitative estimate of drug-likeness (QED) is 0.907. The number of nitrogens with zero attached hydrogens (tertiary/aromatic N) is 1. The van der Waals surface area contributed by atoms with Gasteiger partial charge < -0.3 is 10.6 Å². The van der Waals surface area contributed by atoms with Gasteiger partial charge >= 0.3 is 0 Å². The van der Waals surface area contributed by atoms with E-state index in [0.717, 1.165) is 12.8 Å². The van der Waals surface area contributed by atoms with Crippen molar-refractivity contribution in [3.05, 3.63) is 34.6 Å². The van der Waals surface area contributed by atoms with E-state index in [9.17, 15) is 9.18 Å². The number of benzene rings is 1. The molecule has 1 fully saturated rings. The second kappa shape index (κ2) is 5.88. The highest BCUT2D eigenvalue weighted by molar-refractivity contribution is 6.34. The zero-order chi connectivity index (χ0) is 14.0. The third-order valence-electron chi connectivity index (χ3n) is 3.75. The standard InChI is InChI=1S/C14H18ClFN2O/c1-9(17)10-5-7-18(8-6-10)14(19)11-3-2-4-12(16)13(11)15/h2-4,9-10H,5-8,17H2,1H3. The molecule has 0 saturated carbocycles. The second-order valence-corrected chi connectivity index (χ2v) is 5.47. The Hall–Kier alpha value is -1.13. The molecule has 0 aliphatic carbocycles. The van der Waals surface area contributed by atoms with E-state index in [2.05, 4.69) is 0 Å². The van der Waals surface area contributed by atoms with Crippen molar-refractivity contribution in [1.82, 2.24) is 4.90 Å². The lowest BCUT2D eigenvalue weighted by molar-refractivity contribution is 0.0680. The molecule has 1 aromatic carbocycles. The first-order valence-electron chi connectivity index (χ1n) is 6.49. The molecule has 3 nitrogen and oxygen atoms in total. The molecular weight excluding hydrogens is 267 g/mol. The van der Waals surface area contributed by atoms with Gasteiger partial charge in [0.1, 0.15) is 5.82 Å². The summed E-state index contributed by atoms with van der Waals surface area (Å²) in [5.74, 6) is -0.308. The third kappa shape index (κ3) is 3.07. The Bertz CT molecular complexity index is 471. The van der Waals surface area contributed by atoms with Gasteiger partial charge in [-0.2, -0.15) is 0 Å². The van der Waals surface area contributed by atoms with Crippen molar-refractivity contribution < 1.29 is 9.18 Å². The van der Waals surface area contributed by atoms with Crippen LogP contribution in [0.15, 0.2) is 18.2 Å². The summed E-state index contributed by atoms with van der Waals surface area (Å²) in [6.45, 7) is 3.29. The van der Waals surface area contributed by atoms with Crippen LogP contribution in [0.25, 0.3) is 0 Å². The number of nitrogens with two attached hydrogens (primary N) is 1. The number of hydrogen-bond donors (Lipinski definition) is 1. The van der Waals surface area contributed by atoms with Crippen LogP contribution >= 0.6 is 11.6 Å². The van der Waals surface area contributed by atoms with Gasteiger partial charge in [0.05, 0.1) is 10.6 Å². The van der Waals surface area contributed by atoms with Gasteiger partial charge in [0.15, 0.2) is 0 Å². The predicted molar refractivity (Wildman–Crippen MR) is 73.7 cm³/mol. The molecule has 1 aliphatic rings. The van der Waals surface area contributed by atoms with Gasteiger partial charge in [0.2, 0.25) is 0 Å². The van der Waals surface area contributed by atoms with Crippen LogP contribution in [0.3, 0.4) is 0 Å². The summed E-state index contributed by atoms with van der Waals surface area (Å²) in [6, 6.07) is 4.46. The first-order chi connectivity index (χ1) is 9.00. The fourth-order valence-corrected chi connectivity index (χ4v) is 2.67. The summed E-state index contributed by atoms with van der Waals surface area (Å²) in [7, 11) is 0. The first kappa shape index (κ1) is 14.3. The van der Waals surface area contributed by atoms with Crippen molar-refractivity contribution in [3.63, 3.8) is 0 Å². The molecule has 1 amide bonds. The van der Waals surface area contributed by atoms with E-state index in [1.54, 1.807) is 11.0 Å². The number of piperidine rings is 1. The zero-order valence-corrected chi connectivity index (χ0v) is 11.7. The second-order valence-electron chi connectivity index (χ2n) is 5.09. The molecule has 5 heteroatoms. The fourth-order valence-electron chi connectivity index (χ4n) is 2.47. The van der Waals surface area contributed by atoms with Gasteiger partial charge in [-0.05, 0) is 37.8 Å². The van der Waals surface area contributed by atoms with Crippen molar-refractivity contribution in [2.24, 2.45) is 11.7 Å². The minimum absolute atomic E-state index is 0.0955. The molecule has 1 saturated heterocycles. The summed E-state index contributed by atoms with van der Waals surface area (Å²) in [6.07, 6.45) is 1.77. The highest BCUT2D eigenvalue weighted by Crippen LogP contribution is 2.25. The maximum absolute atomic E-state index is 13.4. The van der Waals surface area contributed by atoms with Crippen LogP contribution in [0.2, 0.25) is 5.02 Å². The van der Waals surface area contributed by atoms with Gasteiger partial charge in [-0.25, -0.2) is 4.39 Å². The summed E-state index contributed by atoms with van der Waals surface area (Å²) in [4.78, 5) is 14.0. The lowest BCUT2D eigenvalue weighted by atomic mass is 9.90. The molecule has 0 spiro atoms. The summed E-state index contributed by atoms with van der Waals surface area (Å²) >= 11 is 5.84. The van der Waals surface area contributed by atoms with E-state index in [0.29, 0.717) is 19.0 Å². The van der Waals surface area contributed by atoms with Crippen LogP contribution in [-0.4, -0.2) is 29.9 Å². The van der Waals surface area contributed by atoms with E-state index in [4.69, 9.17) is 17.3 Å². The number of carbonyl (C=O) groups is 1. The fraction of sp³-hybridized carbons (Fsp3) is 0.500. The van der Waals surface area contributed by atoms with Crippen LogP contribution in [0.5, 0.6) is 0 Å². The van der Waals surface area contributed by atoms with Gasteiger partial charge in [-0.1, -0.05) is 17.7 Å². The van der Waals surface area contributed by atoms with E-state index in [1.165, 1.54) is 12.1 Å². The predicted octanol–water partition coefficient (Wildman–Crippen LogP) is 2.68. The SMILES string of the molecule is CC(N)C1CCN(C(=O)c2cccc(F)c2Cl)CC1. The largest absolute Gasteiger partial charge is 0.339 e. The molecule has 1 atom stereocenters. The smallest absolute Gasteiger partial charge is 0.255 e. The van der Waals surface area contributed by atoms with Crippen molar-refractivity contribution in [2.75, 3.05) is 13.1 Å². The van der Waals surface area contributed by atoms with Crippen LogP contribution in [0.4, 0.5) is 4.39 Å². The van der Waals surface area contributed by atoms with Gasteiger partial charge in [0.25, 0.3) is 5.91 Å². The molecular formula is C14H18ClFN2O. The lowest BCUT2D eigenvalue weighted by Crippen LogP contribution is -2.42. The number of hydrogen-bond acceptors (Lipinski definition) is 2. The van der Waals surface area contributed by atoms with Crippen LogP contribution in [0.1, 0.15) is 30.1 Å². The summed E-state index contributed by atoms with van der Waals surface area (Å²) in [5.41, 5.74) is 6.11. The third-order valence-corrected chi connectivity index (χ3v) is 4.14. The average Bonchev–Trinajstić information content (AvgIpc) is 2.41. The molecule has 19 heavy (non-hydrogen) atoms. The van der Waals surface area contributed by atoms with Crippen molar-refractivity contribution in [2.45, 2.75) is 25.8 Å². The Morgan fingerprint density at radius 3 is 2.68 bits per heavy atom. The van der Waals surface area contributed by atoms with Crippen LogP contribution < -0.4 is 5.73 Å². The first-order valence-corrected chi connectivity index (χ1v) is 6.87. The lowest BCUT2D eigenvalue weighted by Gasteiger charge is -2.33. The number of amides is 1. The van der Waals surface area contributed by atoms with Gasteiger partial charge in [-0.3, -0.25) is 4.79 Å². The Morgan fingerprint density at radius 1 is 1.47 bits per heavy atom. The summed E-state index contributed by atoms with van der Waals surface area (Å²) in [5, 5.41) is -0.0955. The molecule has 0 aromatic heterocycles. The molecule has 2 rings (SSSR count). The molecule has 1 unspecified atom stereocenters.